The second-order valence-corrected chi connectivity index (χ2v) is 2.34. The number of rotatable bonds is 3. The minimum atomic E-state index is -0.0877. The van der Waals surface area contributed by atoms with Crippen LogP contribution in [0.15, 0.2) is 6.20 Å². The molecule has 4 heteroatoms. The molecule has 1 rings (SSSR count). The van der Waals surface area contributed by atoms with Crippen LogP contribution in [-0.4, -0.2) is 21.7 Å². The van der Waals surface area contributed by atoms with E-state index in [2.05, 4.69) is 9.97 Å². The predicted octanol–water partition coefficient (Wildman–Crippen LogP) is 0.676. The van der Waals surface area contributed by atoms with Crippen molar-refractivity contribution < 1.29 is 9.84 Å². The van der Waals surface area contributed by atoms with Crippen molar-refractivity contribution in [1.29, 1.82) is 0 Å². The van der Waals surface area contributed by atoms with Gasteiger partial charge in [-0.05, 0) is 13.8 Å². The first-order valence-electron chi connectivity index (χ1n) is 3.84. The summed E-state index contributed by atoms with van der Waals surface area (Å²) < 4.78 is 5.20. The Bertz CT molecular complexity index is 263. The van der Waals surface area contributed by atoms with Crippen molar-refractivity contribution in [1.82, 2.24) is 9.97 Å². The van der Waals surface area contributed by atoms with Gasteiger partial charge in [-0.3, -0.25) is 0 Å². The lowest BCUT2D eigenvalue weighted by molar-refractivity contribution is 0.261. The predicted molar refractivity (Wildman–Crippen MR) is 43.9 cm³/mol. The molecule has 0 atom stereocenters. The molecule has 0 aliphatic rings. The molecule has 1 heterocycles. The first-order valence-corrected chi connectivity index (χ1v) is 3.84. The van der Waals surface area contributed by atoms with Gasteiger partial charge in [0.1, 0.15) is 5.82 Å². The highest BCUT2D eigenvalue weighted by molar-refractivity contribution is 5.22. The lowest BCUT2D eigenvalue weighted by Crippen LogP contribution is -2.02. The number of aryl methyl sites for hydroxylation is 1. The molecule has 0 saturated heterocycles. The Morgan fingerprint density at radius 2 is 2.33 bits per heavy atom. The summed E-state index contributed by atoms with van der Waals surface area (Å²) in [6.07, 6.45) is 1.58. The molecule has 1 aromatic rings. The van der Waals surface area contributed by atoms with Gasteiger partial charge >= 0.3 is 0 Å². The average Bonchev–Trinajstić information content (AvgIpc) is 2.05. The second kappa shape index (κ2) is 4.01. The van der Waals surface area contributed by atoms with Gasteiger partial charge in [-0.25, -0.2) is 4.98 Å². The number of aliphatic hydroxyl groups is 1. The van der Waals surface area contributed by atoms with Gasteiger partial charge in [-0.2, -0.15) is 4.98 Å². The first-order chi connectivity index (χ1) is 5.77. The quantitative estimate of drug-likeness (QED) is 0.721. The molecule has 0 radical (unpaired) electrons. The smallest absolute Gasteiger partial charge is 0.222 e. The summed E-state index contributed by atoms with van der Waals surface area (Å²) in [5.74, 6) is 1.13. The fraction of sp³-hybridized carbons (Fsp3) is 0.500. The van der Waals surface area contributed by atoms with Crippen LogP contribution >= 0.6 is 0 Å². The molecule has 0 aromatic carbocycles. The molecule has 1 aromatic heterocycles. The van der Waals surface area contributed by atoms with Gasteiger partial charge in [-0.1, -0.05) is 0 Å². The van der Waals surface area contributed by atoms with Crippen LogP contribution in [0.2, 0.25) is 0 Å². The zero-order chi connectivity index (χ0) is 8.97. The van der Waals surface area contributed by atoms with E-state index < -0.39 is 0 Å². The number of nitrogens with zero attached hydrogens (tertiary/aromatic N) is 2. The van der Waals surface area contributed by atoms with Gasteiger partial charge in [0.2, 0.25) is 5.88 Å². The van der Waals surface area contributed by atoms with Gasteiger partial charge < -0.3 is 9.84 Å². The molecule has 0 bridgehead atoms. The molecule has 12 heavy (non-hydrogen) atoms. The van der Waals surface area contributed by atoms with E-state index in [1.54, 1.807) is 13.1 Å². The van der Waals surface area contributed by atoms with Crippen molar-refractivity contribution >= 4 is 0 Å². The minimum Gasteiger partial charge on any atom is -0.478 e. The Hall–Kier alpha value is -1.16. The lowest BCUT2D eigenvalue weighted by Gasteiger charge is -2.06. The van der Waals surface area contributed by atoms with Crippen molar-refractivity contribution in [2.24, 2.45) is 0 Å². The molecular formula is C8H12N2O2. The zero-order valence-corrected chi connectivity index (χ0v) is 7.24. The van der Waals surface area contributed by atoms with E-state index in [4.69, 9.17) is 9.84 Å². The Morgan fingerprint density at radius 3 is 2.92 bits per heavy atom. The molecule has 66 valence electrons. The van der Waals surface area contributed by atoms with E-state index in [0.29, 0.717) is 23.9 Å². The Balaban J connectivity index is 2.95. The van der Waals surface area contributed by atoms with Gasteiger partial charge in [0, 0.05) is 6.20 Å². The zero-order valence-electron chi connectivity index (χ0n) is 7.24. The third-order valence-corrected chi connectivity index (χ3v) is 1.40. The van der Waals surface area contributed by atoms with Gasteiger partial charge in [0.15, 0.2) is 0 Å². The van der Waals surface area contributed by atoms with Crippen LogP contribution in [0.4, 0.5) is 0 Å². The summed E-state index contributed by atoms with van der Waals surface area (Å²) in [4.78, 5) is 7.98. The highest BCUT2D eigenvalue weighted by Crippen LogP contribution is 2.13. The summed E-state index contributed by atoms with van der Waals surface area (Å²) >= 11 is 0. The SMILES string of the molecule is CCOc1nc(C)ncc1CO. The molecule has 0 spiro atoms. The van der Waals surface area contributed by atoms with Crippen LogP contribution in [0.5, 0.6) is 5.88 Å². The van der Waals surface area contributed by atoms with Gasteiger partial charge in [-0.15, -0.1) is 0 Å². The Kier molecular flexibility index (Phi) is 2.99. The van der Waals surface area contributed by atoms with E-state index in [1.165, 1.54) is 0 Å². The fourth-order valence-corrected chi connectivity index (χ4v) is 0.844. The molecule has 0 aliphatic carbocycles. The standard InChI is InChI=1S/C8H12N2O2/c1-3-12-8-7(5-11)4-9-6(2)10-8/h4,11H,3,5H2,1-2H3. The largest absolute Gasteiger partial charge is 0.478 e. The van der Waals surface area contributed by atoms with Gasteiger partial charge in [0.05, 0.1) is 18.8 Å². The van der Waals surface area contributed by atoms with Crippen LogP contribution in [0.1, 0.15) is 18.3 Å². The summed E-state index contributed by atoms with van der Waals surface area (Å²) in [5.41, 5.74) is 0.627. The van der Waals surface area contributed by atoms with Crippen molar-refractivity contribution in [2.75, 3.05) is 6.61 Å². The van der Waals surface area contributed by atoms with Crippen molar-refractivity contribution in [2.45, 2.75) is 20.5 Å². The number of aliphatic hydroxyl groups excluding tert-OH is 1. The maximum Gasteiger partial charge on any atom is 0.222 e. The highest BCUT2D eigenvalue weighted by Gasteiger charge is 2.04. The summed E-state index contributed by atoms with van der Waals surface area (Å²) in [6.45, 7) is 4.11. The first kappa shape index (κ1) is 8.93. The van der Waals surface area contributed by atoms with Crippen LogP contribution < -0.4 is 4.74 Å². The summed E-state index contributed by atoms with van der Waals surface area (Å²) in [6, 6.07) is 0. The molecule has 0 amide bonds. The maximum absolute atomic E-state index is 8.88. The fourth-order valence-electron chi connectivity index (χ4n) is 0.844. The van der Waals surface area contributed by atoms with Crippen LogP contribution in [0.3, 0.4) is 0 Å². The van der Waals surface area contributed by atoms with Crippen LogP contribution in [0, 0.1) is 6.92 Å². The third kappa shape index (κ3) is 1.92. The van der Waals surface area contributed by atoms with E-state index >= 15 is 0 Å². The Labute approximate surface area is 71.2 Å². The molecule has 0 aliphatic heterocycles. The van der Waals surface area contributed by atoms with Crippen molar-refractivity contribution in [3.8, 4) is 5.88 Å². The summed E-state index contributed by atoms with van der Waals surface area (Å²) in [7, 11) is 0. The number of ether oxygens (including phenoxy) is 1. The maximum atomic E-state index is 8.88. The molecule has 4 nitrogen and oxygen atoms in total. The number of hydrogen-bond donors (Lipinski definition) is 1. The molecular weight excluding hydrogens is 156 g/mol. The molecule has 0 saturated carbocycles. The molecule has 0 unspecified atom stereocenters. The van der Waals surface area contributed by atoms with Crippen LogP contribution in [0.25, 0.3) is 0 Å². The minimum absolute atomic E-state index is 0.0877. The van der Waals surface area contributed by atoms with E-state index in [1.807, 2.05) is 6.92 Å². The van der Waals surface area contributed by atoms with Crippen LogP contribution in [-0.2, 0) is 6.61 Å². The van der Waals surface area contributed by atoms with Crippen molar-refractivity contribution in [3.63, 3.8) is 0 Å². The second-order valence-electron chi connectivity index (χ2n) is 2.34. The van der Waals surface area contributed by atoms with Gasteiger partial charge in [0.25, 0.3) is 0 Å². The lowest BCUT2D eigenvalue weighted by atomic mass is 10.3. The molecule has 1 N–H and O–H groups in total. The number of hydrogen-bond acceptors (Lipinski definition) is 4. The highest BCUT2D eigenvalue weighted by atomic mass is 16.5. The van der Waals surface area contributed by atoms with E-state index in [-0.39, 0.29) is 6.61 Å². The van der Waals surface area contributed by atoms with E-state index in [9.17, 15) is 0 Å². The topological polar surface area (TPSA) is 55.2 Å². The van der Waals surface area contributed by atoms with Crippen molar-refractivity contribution in [3.05, 3.63) is 17.6 Å². The van der Waals surface area contributed by atoms with E-state index in [0.717, 1.165) is 0 Å². The normalized spacial score (nSPS) is 9.92. The average molecular weight is 168 g/mol. The number of aromatic nitrogens is 2. The summed E-state index contributed by atoms with van der Waals surface area (Å²) in [5, 5.41) is 8.88. The molecule has 0 fully saturated rings. The Morgan fingerprint density at radius 1 is 1.58 bits per heavy atom. The third-order valence-electron chi connectivity index (χ3n) is 1.40. The monoisotopic (exact) mass is 168 g/mol.